The molecule has 0 spiro atoms. The van der Waals surface area contributed by atoms with Crippen LogP contribution in [0.2, 0.25) is 0 Å². The van der Waals surface area contributed by atoms with Gasteiger partial charge in [0.2, 0.25) is 0 Å². The second-order valence-electron chi connectivity index (χ2n) is 5.46. The van der Waals surface area contributed by atoms with E-state index in [2.05, 4.69) is 11.8 Å². The topological polar surface area (TPSA) is 49.8 Å². The van der Waals surface area contributed by atoms with Gasteiger partial charge in [-0.1, -0.05) is 17.9 Å². The van der Waals surface area contributed by atoms with Crippen LogP contribution in [-0.2, 0) is 4.74 Å². The minimum Gasteiger partial charge on any atom is -0.384 e. The summed E-state index contributed by atoms with van der Waals surface area (Å²) in [5, 5.41) is 8.76. The molecule has 4 heteroatoms. The Bertz CT molecular complexity index is 575. The summed E-state index contributed by atoms with van der Waals surface area (Å²) in [5.41, 5.74) is 2.34. The van der Waals surface area contributed by atoms with E-state index < -0.39 is 0 Å². The van der Waals surface area contributed by atoms with Gasteiger partial charge in [0.1, 0.15) is 6.61 Å². The fourth-order valence-electron chi connectivity index (χ4n) is 2.59. The van der Waals surface area contributed by atoms with E-state index in [0.717, 1.165) is 11.1 Å². The number of aliphatic hydroxyl groups is 1. The lowest BCUT2D eigenvalue weighted by atomic mass is 10.0. The molecule has 1 aliphatic rings. The van der Waals surface area contributed by atoms with Gasteiger partial charge in [-0.3, -0.25) is 4.79 Å². The number of benzene rings is 1. The number of rotatable bonds is 1. The van der Waals surface area contributed by atoms with Crippen LogP contribution in [0.5, 0.6) is 0 Å². The summed E-state index contributed by atoms with van der Waals surface area (Å²) >= 11 is 0. The lowest BCUT2D eigenvalue weighted by Crippen LogP contribution is -2.48. The number of nitrogens with zero attached hydrogens (tertiary/aromatic N) is 1. The second-order valence-corrected chi connectivity index (χ2v) is 5.46. The zero-order valence-electron chi connectivity index (χ0n) is 12.7. The van der Waals surface area contributed by atoms with Crippen LogP contribution in [0.1, 0.15) is 35.3 Å². The Morgan fingerprint density at radius 3 is 2.67 bits per heavy atom. The van der Waals surface area contributed by atoms with Gasteiger partial charge in [-0.2, -0.15) is 0 Å². The predicted molar refractivity (Wildman–Crippen MR) is 81.1 cm³/mol. The first-order valence-electron chi connectivity index (χ1n) is 7.16. The molecule has 21 heavy (non-hydrogen) atoms. The quantitative estimate of drug-likeness (QED) is 0.798. The Morgan fingerprint density at radius 2 is 2.05 bits per heavy atom. The summed E-state index contributed by atoms with van der Waals surface area (Å²) < 4.78 is 5.67. The zero-order valence-corrected chi connectivity index (χ0v) is 12.7. The van der Waals surface area contributed by atoms with E-state index in [1.54, 1.807) is 6.07 Å². The van der Waals surface area contributed by atoms with Crippen molar-refractivity contribution in [2.75, 3.05) is 19.7 Å². The summed E-state index contributed by atoms with van der Waals surface area (Å²) in [5.74, 6) is 5.46. The standard InChI is InChI=1S/C17H21NO3/c1-12-6-7-15(5-4-8-19)9-16(12)17(20)18-10-13(2)21-14(3)11-18/h6-7,9,13-14,19H,8,10-11H2,1-3H3. The summed E-state index contributed by atoms with van der Waals surface area (Å²) in [7, 11) is 0. The van der Waals surface area contributed by atoms with Gasteiger partial charge >= 0.3 is 0 Å². The van der Waals surface area contributed by atoms with Gasteiger partial charge < -0.3 is 14.7 Å². The molecular weight excluding hydrogens is 266 g/mol. The van der Waals surface area contributed by atoms with Gasteiger partial charge in [-0.25, -0.2) is 0 Å². The fourth-order valence-corrected chi connectivity index (χ4v) is 2.59. The van der Waals surface area contributed by atoms with Crippen LogP contribution in [0.4, 0.5) is 0 Å². The van der Waals surface area contributed by atoms with Gasteiger partial charge in [0.25, 0.3) is 5.91 Å². The molecule has 2 rings (SSSR count). The molecule has 2 atom stereocenters. The van der Waals surface area contributed by atoms with Gasteiger partial charge in [0.15, 0.2) is 0 Å². The third-order valence-corrected chi connectivity index (χ3v) is 3.49. The van der Waals surface area contributed by atoms with Crippen LogP contribution in [0.25, 0.3) is 0 Å². The number of ether oxygens (including phenoxy) is 1. The highest BCUT2D eigenvalue weighted by atomic mass is 16.5. The Balaban J connectivity index is 2.25. The lowest BCUT2D eigenvalue weighted by molar-refractivity contribution is -0.0586. The first kappa shape index (κ1) is 15.6. The molecule has 1 fully saturated rings. The molecule has 1 amide bonds. The normalized spacial score (nSPS) is 21.6. The summed E-state index contributed by atoms with van der Waals surface area (Å²) in [4.78, 5) is 14.5. The van der Waals surface area contributed by atoms with E-state index in [1.807, 2.05) is 37.8 Å². The number of carbonyl (C=O) groups excluding carboxylic acids is 1. The van der Waals surface area contributed by atoms with Crippen LogP contribution in [-0.4, -0.2) is 47.8 Å². The Labute approximate surface area is 125 Å². The number of amides is 1. The molecular formula is C17H21NO3. The van der Waals surface area contributed by atoms with Crippen molar-refractivity contribution in [3.05, 3.63) is 34.9 Å². The van der Waals surface area contributed by atoms with E-state index in [9.17, 15) is 4.79 Å². The molecule has 1 aliphatic heterocycles. The van der Waals surface area contributed by atoms with Crippen molar-refractivity contribution in [3.63, 3.8) is 0 Å². The van der Waals surface area contributed by atoms with E-state index in [-0.39, 0.29) is 24.7 Å². The minimum atomic E-state index is -0.185. The third-order valence-electron chi connectivity index (χ3n) is 3.49. The molecule has 0 radical (unpaired) electrons. The molecule has 0 bridgehead atoms. The number of hydrogen-bond donors (Lipinski definition) is 1. The van der Waals surface area contributed by atoms with Crippen LogP contribution < -0.4 is 0 Å². The molecule has 0 aliphatic carbocycles. The average Bonchev–Trinajstić information content (AvgIpc) is 2.44. The van der Waals surface area contributed by atoms with Crippen molar-refractivity contribution in [2.45, 2.75) is 33.0 Å². The number of carbonyl (C=O) groups is 1. The van der Waals surface area contributed by atoms with Gasteiger partial charge in [0, 0.05) is 24.2 Å². The maximum absolute atomic E-state index is 12.7. The minimum absolute atomic E-state index is 0.0159. The molecule has 112 valence electrons. The van der Waals surface area contributed by atoms with Gasteiger partial charge in [0.05, 0.1) is 12.2 Å². The molecule has 0 aromatic heterocycles. The van der Waals surface area contributed by atoms with Crippen molar-refractivity contribution in [1.29, 1.82) is 0 Å². The van der Waals surface area contributed by atoms with Crippen LogP contribution in [0, 0.1) is 18.8 Å². The molecule has 0 saturated carbocycles. The smallest absolute Gasteiger partial charge is 0.254 e. The van der Waals surface area contributed by atoms with Crippen LogP contribution in [0.3, 0.4) is 0 Å². The lowest BCUT2D eigenvalue weighted by Gasteiger charge is -2.35. The molecule has 1 aromatic rings. The summed E-state index contributed by atoms with van der Waals surface area (Å²) in [6.07, 6.45) is 0.103. The Morgan fingerprint density at radius 1 is 1.38 bits per heavy atom. The van der Waals surface area contributed by atoms with E-state index >= 15 is 0 Å². The van der Waals surface area contributed by atoms with Gasteiger partial charge in [-0.15, -0.1) is 0 Å². The first-order chi connectivity index (χ1) is 10.0. The van der Waals surface area contributed by atoms with Crippen LogP contribution in [0.15, 0.2) is 18.2 Å². The highest BCUT2D eigenvalue weighted by Crippen LogP contribution is 2.17. The molecule has 1 N–H and O–H groups in total. The monoisotopic (exact) mass is 287 g/mol. The summed E-state index contributed by atoms with van der Waals surface area (Å²) in [6.45, 7) is 6.90. The molecule has 4 nitrogen and oxygen atoms in total. The maximum Gasteiger partial charge on any atom is 0.254 e. The third kappa shape index (κ3) is 3.84. The molecule has 2 unspecified atom stereocenters. The molecule has 1 saturated heterocycles. The van der Waals surface area contributed by atoms with Crippen molar-refractivity contribution in [1.82, 2.24) is 4.90 Å². The summed E-state index contributed by atoms with van der Waals surface area (Å²) in [6, 6.07) is 5.55. The van der Waals surface area contributed by atoms with E-state index in [0.29, 0.717) is 18.7 Å². The highest BCUT2D eigenvalue weighted by molar-refractivity contribution is 5.96. The van der Waals surface area contributed by atoms with Crippen molar-refractivity contribution in [2.24, 2.45) is 0 Å². The Hall–Kier alpha value is -1.83. The zero-order chi connectivity index (χ0) is 15.4. The van der Waals surface area contributed by atoms with E-state index in [4.69, 9.17) is 9.84 Å². The van der Waals surface area contributed by atoms with Crippen molar-refractivity contribution >= 4 is 5.91 Å². The molecule has 1 aromatic carbocycles. The Kier molecular flexibility index (Phi) is 5.00. The highest BCUT2D eigenvalue weighted by Gasteiger charge is 2.27. The maximum atomic E-state index is 12.7. The van der Waals surface area contributed by atoms with Crippen molar-refractivity contribution < 1.29 is 14.6 Å². The number of morpholine rings is 1. The second kappa shape index (κ2) is 6.75. The number of aliphatic hydroxyl groups excluding tert-OH is 1. The number of hydrogen-bond acceptors (Lipinski definition) is 3. The van der Waals surface area contributed by atoms with Crippen molar-refractivity contribution in [3.8, 4) is 11.8 Å². The molecule has 1 heterocycles. The van der Waals surface area contributed by atoms with Crippen LogP contribution >= 0.6 is 0 Å². The first-order valence-corrected chi connectivity index (χ1v) is 7.16. The largest absolute Gasteiger partial charge is 0.384 e. The number of aryl methyl sites for hydroxylation is 1. The fraction of sp³-hybridized carbons (Fsp3) is 0.471. The SMILES string of the molecule is Cc1ccc(C#CCO)cc1C(=O)N1CC(C)OC(C)C1. The van der Waals surface area contributed by atoms with Gasteiger partial charge in [-0.05, 0) is 38.5 Å². The average molecular weight is 287 g/mol. The predicted octanol–water partition coefficient (Wildman–Crippen LogP) is 1.59. The van der Waals surface area contributed by atoms with E-state index in [1.165, 1.54) is 0 Å².